The van der Waals surface area contributed by atoms with Crippen LogP contribution >= 0.6 is 0 Å². The molecule has 0 unspecified atom stereocenters. The summed E-state index contributed by atoms with van der Waals surface area (Å²) in [6, 6.07) is 0. The second-order valence-corrected chi connectivity index (χ2v) is 21.5. The van der Waals surface area contributed by atoms with Gasteiger partial charge in [0, 0.05) is 0 Å². The molecule has 6 nitrogen and oxygen atoms in total. The van der Waals surface area contributed by atoms with Gasteiger partial charge in [-0.25, -0.2) is 0 Å². The van der Waals surface area contributed by atoms with E-state index in [2.05, 4.69) is 34.3 Å². The number of unbranched alkanes of at least 4 members (excludes halogenated alkanes) is 22. The summed E-state index contributed by atoms with van der Waals surface area (Å²) in [7, 11) is 0. The van der Waals surface area contributed by atoms with Gasteiger partial charge < -0.3 is 0 Å². The second-order valence-electron chi connectivity index (χ2n) is 16.0. The predicted octanol–water partition coefficient (Wildman–Crippen LogP) is 13.3. The molecule has 0 aromatic rings. The summed E-state index contributed by atoms with van der Waals surface area (Å²) >= 11 is -6.72. The Bertz CT molecular complexity index is 885. The Morgan fingerprint density at radius 1 is 0.490 bits per heavy atom. The molecule has 288 valence electrons. The summed E-state index contributed by atoms with van der Waals surface area (Å²) in [5.74, 6) is 0.577. The average molecular weight is 729 g/mol. The number of hydrogen-bond acceptors (Lipinski definition) is 6. The first-order chi connectivity index (χ1) is 23.4. The van der Waals surface area contributed by atoms with Crippen molar-refractivity contribution in [2.24, 2.45) is 11.8 Å². The molecule has 0 aliphatic heterocycles. The minimum atomic E-state index is -6.72. The minimum absolute atomic E-state index is 0.0850. The van der Waals surface area contributed by atoms with Crippen LogP contribution < -0.4 is 0 Å². The SMILES string of the molecule is C=CC(=O)[O][Ti](=[O])([O]C(C)C)([C](=O)CCCCCCCCCCCCCCC(C)C)[C](=O)CCCCCCCCCCCCCCC(C)C. The van der Waals surface area contributed by atoms with Crippen LogP contribution in [0, 0.1) is 11.8 Å². The molecule has 0 radical (unpaired) electrons. The fraction of sp³-hybridized carbons (Fsp3) is 0.881. The van der Waals surface area contributed by atoms with Crippen molar-refractivity contribution >= 4 is 14.1 Å². The molecule has 0 aliphatic carbocycles. The van der Waals surface area contributed by atoms with Gasteiger partial charge in [-0.15, -0.1) is 0 Å². The molecule has 0 atom stereocenters. The molecule has 0 heterocycles. The maximum atomic E-state index is 14.6. The first kappa shape index (κ1) is 48.0. The molecule has 49 heavy (non-hydrogen) atoms. The summed E-state index contributed by atoms with van der Waals surface area (Å²) in [6.45, 7) is 15.8. The molecule has 0 fully saturated rings. The quantitative estimate of drug-likeness (QED) is 0.0363. The van der Waals surface area contributed by atoms with Gasteiger partial charge in [-0.2, -0.15) is 0 Å². The van der Waals surface area contributed by atoms with Gasteiger partial charge in [0.1, 0.15) is 0 Å². The molecule has 0 aromatic carbocycles. The van der Waals surface area contributed by atoms with E-state index >= 15 is 0 Å². The zero-order valence-corrected chi connectivity index (χ0v) is 34.8. The number of rotatable bonds is 36. The van der Waals surface area contributed by atoms with E-state index < -0.39 is 36.3 Å². The average Bonchev–Trinajstić information content (AvgIpc) is 3.04. The number of hydrogen-bond donors (Lipinski definition) is 0. The van der Waals surface area contributed by atoms with E-state index in [0.717, 1.165) is 56.4 Å². The zero-order chi connectivity index (χ0) is 36.8. The van der Waals surface area contributed by atoms with Crippen LogP contribution in [-0.2, 0) is 40.4 Å². The van der Waals surface area contributed by atoms with Crippen LogP contribution in [0.1, 0.15) is 221 Å². The van der Waals surface area contributed by atoms with E-state index in [1.54, 1.807) is 13.8 Å². The van der Waals surface area contributed by atoms with Crippen molar-refractivity contribution in [3.8, 4) is 0 Å². The van der Waals surface area contributed by atoms with Gasteiger partial charge >= 0.3 is 228 Å². The van der Waals surface area contributed by atoms with Crippen molar-refractivity contribution in [2.75, 3.05) is 0 Å². The predicted molar refractivity (Wildman–Crippen MR) is 202 cm³/mol. The zero-order valence-electron chi connectivity index (χ0n) is 33.3. The van der Waals surface area contributed by atoms with E-state index in [0.29, 0.717) is 12.8 Å². The number of carbonyl (C=O) groups is 3. The van der Waals surface area contributed by atoms with Crippen LogP contribution in [0.5, 0.6) is 0 Å². The van der Waals surface area contributed by atoms with E-state index in [-0.39, 0.29) is 12.8 Å². The Morgan fingerprint density at radius 2 is 0.755 bits per heavy atom. The molecular weight excluding hydrogens is 648 g/mol. The molecule has 7 heteroatoms. The molecule has 0 saturated heterocycles. The minimum Gasteiger partial charge on any atom is -0.0628 e. The standard InChI is InChI=1S/2C18H35O.C3H4O2.C3H7O.O.Ti/c2*1-18(2)16-14-12-10-8-6-4-3-5-7-9-11-13-15-17-19;1-2-3(4)5;1-3(2)4;;/h2*18H,3-16H2,1-2H3;2H,1H2,(H,4,5);3H,1-2H3;;/q;;;-1;;+2/p-1. The Balaban J connectivity index is 4.58. The smallest absolute Gasteiger partial charge is 0.0628 e. The Kier molecular flexibility index (Phi) is 29.0. The van der Waals surface area contributed by atoms with Crippen molar-refractivity contribution in [3.05, 3.63) is 12.7 Å². The van der Waals surface area contributed by atoms with E-state index in [1.807, 2.05) is 0 Å². The first-order valence-corrected chi connectivity index (χ1v) is 24.3. The van der Waals surface area contributed by atoms with Gasteiger partial charge in [0.25, 0.3) is 0 Å². The summed E-state index contributed by atoms with van der Waals surface area (Å²) in [4.78, 5) is 39.6. The molecule has 0 amide bonds. The molecule has 0 aromatic heterocycles. The van der Waals surface area contributed by atoms with Crippen molar-refractivity contribution < 1.29 is 40.4 Å². The summed E-state index contributed by atoms with van der Waals surface area (Å²) in [5, 5.41) is 0. The van der Waals surface area contributed by atoms with Crippen molar-refractivity contribution in [3.63, 3.8) is 0 Å². The normalized spacial score (nSPS) is 12.3. The molecular formula is C42H80O6Ti. The van der Waals surface area contributed by atoms with Crippen LogP contribution in [-0.4, -0.2) is 20.2 Å². The Morgan fingerprint density at radius 3 is 1.00 bits per heavy atom. The van der Waals surface area contributed by atoms with Crippen molar-refractivity contribution in [1.82, 2.24) is 0 Å². The third-order valence-corrected chi connectivity index (χ3v) is 15.8. The topological polar surface area (TPSA) is 86.7 Å². The monoisotopic (exact) mass is 729 g/mol. The molecule has 0 aliphatic rings. The van der Waals surface area contributed by atoms with Crippen LogP contribution in [0.15, 0.2) is 12.7 Å². The first-order valence-electron chi connectivity index (χ1n) is 20.8. The molecule has 0 saturated carbocycles. The van der Waals surface area contributed by atoms with Crippen molar-refractivity contribution in [2.45, 2.75) is 227 Å². The fourth-order valence-electron chi connectivity index (χ4n) is 6.72. The van der Waals surface area contributed by atoms with Gasteiger partial charge in [-0.1, -0.05) is 66.2 Å². The summed E-state index contributed by atoms with van der Waals surface area (Å²) in [6.07, 6.45) is 30.1. The molecule has 0 rings (SSSR count). The van der Waals surface area contributed by atoms with Gasteiger partial charge in [0.05, 0.1) is 0 Å². The number of carbonyl (C=O) groups excluding carboxylic acids is 3. The third-order valence-electron chi connectivity index (χ3n) is 9.73. The molecule has 0 spiro atoms. The fourth-order valence-corrected chi connectivity index (χ4v) is 12.0. The Labute approximate surface area is 305 Å². The third kappa shape index (κ3) is 24.0. The van der Waals surface area contributed by atoms with Crippen LogP contribution in [0.3, 0.4) is 0 Å². The van der Waals surface area contributed by atoms with E-state index in [1.165, 1.54) is 116 Å². The van der Waals surface area contributed by atoms with Crippen molar-refractivity contribution in [1.29, 1.82) is 0 Å². The second kappa shape index (κ2) is 29.6. The van der Waals surface area contributed by atoms with Gasteiger partial charge in [0.2, 0.25) is 0 Å². The van der Waals surface area contributed by atoms with Crippen LogP contribution in [0.2, 0.25) is 0 Å². The summed E-state index contributed by atoms with van der Waals surface area (Å²) < 4.78 is 24.0. The van der Waals surface area contributed by atoms with Crippen LogP contribution in [0.4, 0.5) is 0 Å². The van der Waals surface area contributed by atoms with Gasteiger partial charge in [-0.3, -0.25) is 0 Å². The maximum absolute atomic E-state index is 14.6. The van der Waals surface area contributed by atoms with E-state index in [4.69, 9.17) is 6.64 Å². The van der Waals surface area contributed by atoms with Crippen LogP contribution in [0.25, 0.3) is 0 Å². The Hall–Kier alpha value is -0.976. The van der Waals surface area contributed by atoms with Gasteiger partial charge in [-0.05, 0) is 11.8 Å². The molecule has 0 bridgehead atoms. The molecule has 0 N–H and O–H groups in total. The van der Waals surface area contributed by atoms with Gasteiger partial charge in [0.15, 0.2) is 0 Å². The van der Waals surface area contributed by atoms with E-state index in [9.17, 15) is 17.7 Å². The summed E-state index contributed by atoms with van der Waals surface area (Å²) in [5.41, 5.74) is 0.